The van der Waals surface area contributed by atoms with Gasteiger partial charge in [-0.05, 0) is 25.0 Å². The van der Waals surface area contributed by atoms with Crippen molar-refractivity contribution in [2.24, 2.45) is 11.7 Å². The predicted octanol–water partition coefficient (Wildman–Crippen LogP) is 1.10. The highest BCUT2D eigenvalue weighted by atomic mass is 35.5. The number of rotatable bonds is 9. The van der Waals surface area contributed by atoms with E-state index in [9.17, 15) is 9.59 Å². The molecule has 0 heterocycles. The molecule has 1 aromatic rings. The van der Waals surface area contributed by atoms with Crippen LogP contribution in [-0.4, -0.2) is 44.2 Å². The molecule has 0 fully saturated rings. The lowest BCUT2D eigenvalue weighted by molar-refractivity contribution is -0.127. The minimum absolute atomic E-state index is 0. The van der Waals surface area contributed by atoms with Crippen molar-refractivity contribution in [2.45, 2.75) is 32.9 Å². The summed E-state index contributed by atoms with van der Waals surface area (Å²) in [5.74, 6) is 0.755. The Labute approximate surface area is 155 Å². The fourth-order valence-corrected chi connectivity index (χ4v) is 1.86. The van der Waals surface area contributed by atoms with Gasteiger partial charge in [0.05, 0.1) is 26.2 Å². The van der Waals surface area contributed by atoms with Gasteiger partial charge in [-0.2, -0.15) is 0 Å². The first-order valence-electron chi connectivity index (χ1n) is 7.94. The molecule has 0 aliphatic heterocycles. The topological polar surface area (TPSA) is 103 Å². The molecule has 1 aromatic carbocycles. The molecule has 25 heavy (non-hydrogen) atoms. The zero-order chi connectivity index (χ0) is 18.1. The van der Waals surface area contributed by atoms with Crippen molar-refractivity contribution in [1.29, 1.82) is 0 Å². The van der Waals surface area contributed by atoms with Crippen LogP contribution in [0.2, 0.25) is 0 Å². The molecule has 4 N–H and O–H groups in total. The fraction of sp³-hybridized carbons (Fsp3) is 0.529. The molecule has 0 aliphatic carbocycles. The number of amides is 2. The number of hydrogen-bond donors (Lipinski definition) is 3. The third-order valence-corrected chi connectivity index (χ3v) is 3.41. The second kappa shape index (κ2) is 11.5. The van der Waals surface area contributed by atoms with Crippen LogP contribution in [0, 0.1) is 5.92 Å². The Hall–Kier alpha value is -1.99. The zero-order valence-electron chi connectivity index (χ0n) is 15.1. The van der Waals surface area contributed by atoms with E-state index in [4.69, 9.17) is 15.2 Å². The van der Waals surface area contributed by atoms with Crippen molar-refractivity contribution < 1.29 is 19.1 Å². The van der Waals surface area contributed by atoms with E-state index in [0.717, 1.165) is 0 Å². The van der Waals surface area contributed by atoms with E-state index in [0.29, 0.717) is 18.0 Å². The van der Waals surface area contributed by atoms with Gasteiger partial charge in [0.15, 0.2) is 0 Å². The Morgan fingerprint density at radius 3 is 2.40 bits per heavy atom. The number of carbonyl (C=O) groups excluding carboxylic acids is 2. The van der Waals surface area contributed by atoms with Crippen LogP contribution >= 0.6 is 12.4 Å². The Bertz CT molecular complexity index is 554. The van der Waals surface area contributed by atoms with Crippen LogP contribution in [0.4, 0.5) is 0 Å². The van der Waals surface area contributed by atoms with E-state index >= 15 is 0 Å². The summed E-state index contributed by atoms with van der Waals surface area (Å²) < 4.78 is 10.8. The minimum Gasteiger partial charge on any atom is -0.497 e. The molecule has 142 valence electrons. The summed E-state index contributed by atoms with van der Waals surface area (Å²) in [5.41, 5.74) is 5.70. The molecule has 0 aliphatic rings. The highest BCUT2D eigenvalue weighted by molar-refractivity contribution is 5.87. The first kappa shape index (κ1) is 23.0. The van der Waals surface area contributed by atoms with Gasteiger partial charge in [0.1, 0.15) is 17.6 Å². The second-order valence-corrected chi connectivity index (χ2v) is 5.90. The Balaban J connectivity index is 0.00000576. The van der Waals surface area contributed by atoms with E-state index in [1.807, 2.05) is 39.0 Å². The van der Waals surface area contributed by atoms with Gasteiger partial charge < -0.3 is 25.8 Å². The number of hydrogen-bond acceptors (Lipinski definition) is 5. The molecule has 2 amide bonds. The van der Waals surface area contributed by atoms with Crippen molar-refractivity contribution in [2.75, 3.05) is 20.2 Å². The van der Waals surface area contributed by atoms with Gasteiger partial charge in [0.2, 0.25) is 11.8 Å². The summed E-state index contributed by atoms with van der Waals surface area (Å²) in [4.78, 5) is 23.4. The third-order valence-electron chi connectivity index (χ3n) is 3.41. The van der Waals surface area contributed by atoms with Gasteiger partial charge in [-0.3, -0.25) is 9.59 Å². The monoisotopic (exact) mass is 373 g/mol. The molecule has 7 nitrogen and oxygen atoms in total. The van der Waals surface area contributed by atoms with Crippen LogP contribution < -0.4 is 25.8 Å². The lowest BCUT2D eigenvalue weighted by atomic mass is 10.1. The average molecular weight is 374 g/mol. The van der Waals surface area contributed by atoms with Gasteiger partial charge in [-0.1, -0.05) is 19.9 Å². The lowest BCUT2D eigenvalue weighted by Gasteiger charge is -2.17. The summed E-state index contributed by atoms with van der Waals surface area (Å²) >= 11 is 0. The normalized spacial score (nSPS) is 12.6. The third kappa shape index (κ3) is 8.60. The highest BCUT2D eigenvalue weighted by Crippen LogP contribution is 2.19. The Kier molecular flexibility index (Phi) is 10.6. The van der Waals surface area contributed by atoms with Gasteiger partial charge in [-0.15, -0.1) is 12.4 Å². The molecule has 0 spiro atoms. The van der Waals surface area contributed by atoms with E-state index in [1.165, 1.54) is 0 Å². The van der Waals surface area contributed by atoms with Crippen molar-refractivity contribution in [3.05, 3.63) is 24.3 Å². The molecule has 0 aromatic heterocycles. The molecule has 8 heteroatoms. The van der Waals surface area contributed by atoms with Gasteiger partial charge in [0.25, 0.3) is 0 Å². The van der Waals surface area contributed by atoms with Gasteiger partial charge >= 0.3 is 0 Å². The van der Waals surface area contributed by atoms with Crippen molar-refractivity contribution in [3.63, 3.8) is 0 Å². The van der Waals surface area contributed by atoms with E-state index in [-0.39, 0.29) is 42.8 Å². The van der Waals surface area contributed by atoms with Gasteiger partial charge in [0, 0.05) is 6.07 Å². The molecule has 1 rings (SSSR count). The maximum Gasteiger partial charge on any atom is 0.239 e. The molecule has 0 saturated heterocycles. The fourth-order valence-electron chi connectivity index (χ4n) is 1.86. The summed E-state index contributed by atoms with van der Waals surface area (Å²) in [6.45, 7) is 5.75. The molecule has 0 radical (unpaired) electrons. The van der Waals surface area contributed by atoms with Crippen LogP contribution in [-0.2, 0) is 9.59 Å². The largest absolute Gasteiger partial charge is 0.497 e. The number of ether oxygens (including phenoxy) is 2. The van der Waals surface area contributed by atoms with Crippen LogP contribution in [0.15, 0.2) is 24.3 Å². The standard InChI is InChI=1S/C17H27N3O4.ClH/c1-11(2)16(18)17(22)20-10-15(21)19-9-12(3)24-14-7-5-6-13(8-14)23-4;/h5-8,11-12,16H,9-10,18H2,1-4H3,(H,19,21)(H,20,22);1H/t12?,16-;/m0./s1. The second-order valence-electron chi connectivity index (χ2n) is 5.90. The first-order chi connectivity index (χ1) is 11.3. The van der Waals surface area contributed by atoms with Crippen molar-refractivity contribution >= 4 is 24.2 Å². The molecule has 0 bridgehead atoms. The number of nitrogens with two attached hydrogens (primary N) is 1. The smallest absolute Gasteiger partial charge is 0.239 e. The maximum atomic E-state index is 11.8. The quantitative estimate of drug-likeness (QED) is 0.601. The Morgan fingerprint density at radius 1 is 1.16 bits per heavy atom. The number of methoxy groups -OCH3 is 1. The van der Waals surface area contributed by atoms with Gasteiger partial charge in [-0.25, -0.2) is 0 Å². The van der Waals surface area contributed by atoms with Crippen LogP contribution in [0.5, 0.6) is 11.5 Å². The zero-order valence-corrected chi connectivity index (χ0v) is 15.9. The maximum absolute atomic E-state index is 11.8. The van der Waals surface area contributed by atoms with Crippen LogP contribution in [0.1, 0.15) is 20.8 Å². The van der Waals surface area contributed by atoms with Crippen LogP contribution in [0.25, 0.3) is 0 Å². The minimum atomic E-state index is -0.617. The van der Waals surface area contributed by atoms with Crippen molar-refractivity contribution in [1.82, 2.24) is 10.6 Å². The van der Waals surface area contributed by atoms with Crippen LogP contribution in [0.3, 0.4) is 0 Å². The number of carbonyl (C=O) groups is 2. The SMILES string of the molecule is COc1cccc(OC(C)CNC(=O)CNC(=O)[C@@H](N)C(C)C)c1.Cl. The number of halogens is 1. The predicted molar refractivity (Wildman–Crippen MR) is 99.2 cm³/mol. The van der Waals surface area contributed by atoms with Crippen molar-refractivity contribution in [3.8, 4) is 11.5 Å². The highest BCUT2D eigenvalue weighted by Gasteiger charge is 2.17. The number of nitrogens with one attached hydrogen (secondary N) is 2. The first-order valence-corrected chi connectivity index (χ1v) is 7.94. The van der Waals surface area contributed by atoms with E-state index in [2.05, 4.69) is 10.6 Å². The molecule has 2 atom stereocenters. The van der Waals surface area contributed by atoms with E-state index in [1.54, 1.807) is 13.2 Å². The summed E-state index contributed by atoms with van der Waals surface area (Å²) in [6.07, 6.45) is -0.227. The molecular weight excluding hydrogens is 346 g/mol. The Morgan fingerprint density at radius 2 is 1.80 bits per heavy atom. The summed E-state index contributed by atoms with van der Waals surface area (Å²) in [5, 5.41) is 5.22. The molecule has 1 unspecified atom stereocenters. The molecular formula is C17H28ClN3O4. The summed E-state index contributed by atoms with van der Waals surface area (Å²) in [6, 6.07) is 6.62. The lowest BCUT2D eigenvalue weighted by Crippen LogP contribution is -2.47. The van der Waals surface area contributed by atoms with E-state index < -0.39 is 6.04 Å². The summed E-state index contributed by atoms with van der Waals surface area (Å²) in [7, 11) is 1.59. The molecule has 0 saturated carbocycles. The average Bonchev–Trinajstić information content (AvgIpc) is 2.57. The number of benzene rings is 1.